The molecule has 1 N–H and O–H groups in total. The Hall–Kier alpha value is -7.38. The third kappa shape index (κ3) is 7.90. The average Bonchev–Trinajstić information content (AvgIpc) is 3.38. The molecule has 1 aliphatic carbocycles. The van der Waals surface area contributed by atoms with Gasteiger partial charge in [-0.2, -0.15) is 0 Å². The molecule has 0 unspecified atom stereocenters. The summed E-state index contributed by atoms with van der Waals surface area (Å²) in [6.07, 6.45) is 5.85. The van der Waals surface area contributed by atoms with Crippen molar-refractivity contribution in [2.24, 2.45) is 5.92 Å². The lowest BCUT2D eigenvalue weighted by Crippen LogP contribution is -2.39. The van der Waals surface area contributed by atoms with Crippen LogP contribution >= 0.6 is 0 Å². The Bertz CT molecular complexity index is 3880. The van der Waals surface area contributed by atoms with Crippen LogP contribution in [-0.4, -0.2) is 36.9 Å². The van der Waals surface area contributed by atoms with Crippen molar-refractivity contribution in [1.29, 1.82) is 0 Å². The van der Waals surface area contributed by atoms with E-state index in [4.69, 9.17) is 24.9 Å². The Labute approximate surface area is 417 Å². The predicted molar refractivity (Wildman–Crippen MR) is 296 cm³/mol. The van der Waals surface area contributed by atoms with Gasteiger partial charge in [0.1, 0.15) is 5.69 Å². The first-order valence-corrected chi connectivity index (χ1v) is 25.5. The molecule has 1 amide bonds. The lowest BCUT2D eigenvalue weighted by Gasteiger charge is -2.28. The van der Waals surface area contributed by atoms with Crippen LogP contribution in [0.15, 0.2) is 97.1 Å². The van der Waals surface area contributed by atoms with Crippen LogP contribution < -0.4 is 5.32 Å². The molecule has 0 spiro atoms. The average molecular weight is 931 g/mol. The van der Waals surface area contributed by atoms with E-state index in [1.807, 2.05) is 0 Å². The van der Waals surface area contributed by atoms with E-state index in [0.717, 1.165) is 151 Å². The van der Waals surface area contributed by atoms with Crippen molar-refractivity contribution in [3.05, 3.63) is 158 Å². The normalized spacial score (nSPS) is 13.8. The number of rotatable bonds is 7. The molecule has 7 nitrogen and oxygen atoms in total. The van der Waals surface area contributed by atoms with Crippen LogP contribution in [0.3, 0.4) is 0 Å². The highest BCUT2D eigenvalue weighted by Crippen LogP contribution is 2.46. The number of pyridine rings is 5. The van der Waals surface area contributed by atoms with E-state index >= 15 is 4.79 Å². The molecule has 0 bridgehead atoms. The van der Waals surface area contributed by atoms with Crippen molar-refractivity contribution in [3.63, 3.8) is 0 Å². The van der Waals surface area contributed by atoms with Crippen LogP contribution in [-0.2, 0) is 0 Å². The van der Waals surface area contributed by atoms with Gasteiger partial charge in [-0.3, -0.25) is 4.79 Å². The van der Waals surface area contributed by atoms with E-state index in [-0.39, 0.29) is 11.9 Å². The summed E-state index contributed by atoms with van der Waals surface area (Å²) < 4.78 is 0. The molecule has 1 fully saturated rings. The maximum absolute atomic E-state index is 15.2. The summed E-state index contributed by atoms with van der Waals surface area (Å²) in [7, 11) is 0. The molecule has 5 heterocycles. The molecule has 0 saturated heterocycles. The van der Waals surface area contributed by atoms with Gasteiger partial charge >= 0.3 is 0 Å². The molecule has 5 aromatic heterocycles. The van der Waals surface area contributed by atoms with Gasteiger partial charge in [-0.15, -0.1) is 0 Å². The fraction of sp³-hybridized carbons (Fsp3) is 0.281. The number of nitrogens with zero attached hydrogens (tertiary/aromatic N) is 5. The number of benzene rings is 5. The van der Waals surface area contributed by atoms with Gasteiger partial charge in [-0.1, -0.05) is 86.0 Å². The summed E-state index contributed by atoms with van der Waals surface area (Å²) in [4.78, 5) is 43.3. The van der Waals surface area contributed by atoms with Crippen molar-refractivity contribution in [2.45, 2.75) is 114 Å². The van der Waals surface area contributed by atoms with Gasteiger partial charge in [0.25, 0.3) is 5.91 Å². The standard InChI is InChI=1S/C64H62N6O/c1-33-17-22-38(6)55-45(33)27-28-54(66-55)50-29-46-34(2)18-23-39(7)56(46)67-60(50)51-30-47-35(3)19-24-40(8)57(47)68-61(51)52-31-48-36(4)20-25-41(9)58(48)69-62(52)53-32-49-37(5)21-26-42(10)59(49)70-63(53)64(71)65-43(11)44-15-13-12-14-16-44/h17-32,43-44H,12-16H2,1-11H3,(H,65,71)/t43-/m1/s1. The highest BCUT2D eigenvalue weighted by molar-refractivity contribution is 6.08. The minimum atomic E-state index is -0.190. The topological polar surface area (TPSA) is 93.6 Å². The second kappa shape index (κ2) is 17.8. The number of amides is 1. The molecule has 10 aromatic rings. The van der Waals surface area contributed by atoms with Gasteiger partial charge in [0, 0.05) is 55.2 Å². The number of hydrogen-bond acceptors (Lipinski definition) is 6. The third-order valence-corrected chi connectivity index (χ3v) is 15.9. The molecule has 7 heteroatoms. The van der Waals surface area contributed by atoms with Crippen LogP contribution in [0, 0.1) is 75.2 Å². The zero-order valence-electron chi connectivity index (χ0n) is 43.1. The third-order valence-electron chi connectivity index (χ3n) is 15.9. The van der Waals surface area contributed by atoms with Gasteiger partial charge in [0.05, 0.1) is 50.4 Å². The van der Waals surface area contributed by atoms with Crippen molar-refractivity contribution in [1.82, 2.24) is 30.2 Å². The Morgan fingerprint density at radius 1 is 0.408 bits per heavy atom. The van der Waals surface area contributed by atoms with Crippen molar-refractivity contribution < 1.29 is 4.79 Å². The molecule has 1 saturated carbocycles. The highest BCUT2D eigenvalue weighted by atomic mass is 16.2. The molecule has 1 atom stereocenters. The van der Waals surface area contributed by atoms with Crippen LogP contribution in [0.5, 0.6) is 0 Å². The maximum Gasteiger partial charge on any atom is 0.270 e. The molecular formula is C64H62N6O. The van der Waals surface area contributed by atoms with Crippen LogP contribution in [0.25, 0.3) is 99.5 Å². The van der Waals surface area contributed by atoms with Crippen molar-refractivity contribution in [2.75, 3.05) is 0 Å². The van der Waals surface area contributed by atoms with Crippen molar-refractivity contribution >= 4 is 60.4 Å². The molecule has 71 heavy (non-hydrogen) atoms. The Morgan fingerprint density at radius 3 is 1.23 bits per heavy atom. The number of fused-ring (bicyclic) bond motifs is 5. The smallest absolute Gasteiger partial charge is 0.270 e. The summed E-state index contributed by atoms with van der Waals surface area (Å²) in [6, 6.07) is 34.9. The maximum atomic E-state index is 15.2. The molecule has 354 valence electrons. The van der Waals surface area contributed by atoms with E-state index in [1.54, 1.807) is 0 Å². The van der Waals surface area contributed by atoms with E-state index in [2.05, 4.69) is 179 Å². The summed E-state index contributed by atoms with van der Waals surface area (Å²) in [5.41, 5.74) is 22.1. The number of aromatic nitrogens is 5. The minimum Gasteiger partial charge on any atom is -0.348 e. The molecule has 11 rings (SSSR count). The van der Waals surface area contributed by atoms with Gasteiger partial charge in [-0.25, -0.2) is 24.9 Å². The Morgan fingerprint density at radius 2 is 0.761 bits per heavy atom. The zero-order chi connectivity index (χ0) is 49.6. The monoisotopic (exact) mass is 930 g/mol. The van der Waals surface area contributed by atoms with Crippen LogP contribution in [0.1, 0.15) is 105 Å². The fourth-order valence-electron chi connectivity index (χ4n) is 11.3. The summed E-state index contributed by atoms with van der Waals surface area (Å²) in [5, 5.41) is 8.75. The zero-order valence-corrected chi connectivity index (χ0v) is 43.1. The first-order valence-electron chi connectivity index (χ1n) is 25.5. The van der Waals surface area contributed by atoms with E-state index in [0.29, 0.717) is 22.9 Å². The van der Waals surface area contributed by atoms with Gasteiger partial charge in [0.15, 0.2) is 0 Å². The second-order valence-electron chi connectivity index (χ2n) is 20.9. The number of carbonyl (C=O) groups is 1. The number of nitrogens with one attached hydrogen (secondary N) is 1. The van der Waals surface area contributed by atoms with Crippen LogP contribution in [0.2, 0.25) is 0 Å². The first-order chi connectivity index (χ1) is 34.1. The molecule has 1 aliphatic rings. The lowest BCUT2D eigenvalue weighted by atomic mass is 9.84. The first kappa shape index (κ1) is 46.0. The highest BCUT2D eigenvalue weighted by Gasteiger charge is 2.29. The minimum absolute atomic E-state index is 0.0124. The molecular weight excluding hydrogens is 869 g/mol. The van der Waals surface area contributed by atoms with Crippen LogP contribution in [0.4, 0.5) is 0 Å². The largest absolute Gasteiger partial charge is 0.348 e. The predicted octanol–water partition coefficient (Wildman–Crippen LogP) is 15.9. The summed E-state index contributed by atoms with van der Waals surface area (Å²) in [5.74, 6) is 0.225. The van der Waals surface area contributed by atoms with Gasteiger partial charge < -0.3 is 5.32 Å². The number of aryl methyl sites for hydroxylation is 10. The summed E-state index contributed by atoms with van der Waals surface area (Å²) >= 11 is 0. The van der Waals surface area contributed by atoms with Gasteiger partial charge in [0.2, 0.25) is 0 Å². The quantitative estimate of drug-likeness (QED) is 0.171. The van der Waals surface area contributed by atoms with E-state index < -0.39 is 0 Å². The van der Waals surface area contributed by atoms with Gasteiger partial charge in [-0.05, 0) is 181 Å². The van der Waals surface area contributed by atoms with E-state index in [1.165, 1.54) is 24.8 Å². The summed E-state index contributed by atoms with van der Waals surface area (Å²) in [6.45, 7) is 23.5. The second-order valence-corrected chi connectivity index (χ2v) is 20.9. The fourth-order valence-corrected chi connectivity index (χ4v) is 11.3. The molecule has 0 radical (unpaired) electrons. The SMILES string of the molecule is Cc1ccc(C)c2nc(-c3cc4c(C)ccc(C)c4nc3-c3cc4c(C)ccc(C)c4nc3-c3cc4c(C)ccc(C)c4nc3-c3cc4c(C)ccc(C)c4nc3C(=O)N[C@H](C)C3CCCCC3)ccc12. The number of hydrogen-bond donors (Lipinski definition) is 1. The lowest BCUT2D eigenvalue weighted by molar-refractivity contribution is 0.0915. The Kier molecular flexibility index (Phi) is 11.5. The van der Waals surface area contributed by atoms with Crippen molar-refractivity contribution in [3.8, 4) is 45.0 Å². The molecule has 0 aliphatic heterocycles. The molecule has 5 aromatic carbocycles. The number of carbonyl (C=O) groups excluding carboxylic acids is 1. The van der Waals surface area contributed by atoms with E-state index in [9.17, 15) is 0 Å². The Balaban J connectivity index is 1.28.